The van der Waals surface area contributed by atoms with E-state index < -0.39 is 11.9 Å². The van der Waals surface area contributed by atoms with Gasteiger partial charge >= 0.3 is 0 Å². The Kier molecular flexibility index (Phi) is 5.62. The first-order valence-corrected chi connectivity index (χ1v) is 8.62. The van der Waals surface area contributed by atoms with Crippen molar-refractivity contribution in [3.8, 4) is 0 Å². The Bertz CT molecular complexity index is 670. The molecule has 1 unspecified atom stereocenters. The Balaban J connectivity index is 2.09. The third-order valence-electron chi connectivity index (χ3n) is 5.04. The van der Waals surface area contributed by atoms with Gasteiger partial charge in [-0.1, -0.05) is 39.3 Å². The van der Waals surface area contributed by atoms with Crippen molar-refractivity contribution in [3.63, 3.8) is 0 Å². The number of hydrogen-bond acceptors (Lipinski definition) is 2. The van der Waals surface area contributed by atoms with Crippen molar-refractivity contribution < 1.29 is 9.18 Å². The lowest BCUT2D eigenvalue weighted by Crippen LogP contribution is -2.29. The lowest BCUT2D eigenvalue weighted by atomic mass is 9.80. The minimum Gasteiger partial charge on any atom is -0.325 e. The molecule has 1 aromatic heterocycles. The summed E-state index contributed by atoms with van der Waals surface area (Å²) in [6.07, 6.45) is 10.1. The fraction of sp³-hybridized carbons (Fsp3) is 0.579. The summed E-state index contributed by atoms with van der Waals surface area (Å²) in [5.74, 6) is -0.746. The summed E-state index contributed by atoms with van der Waals surface area (Å²) in [6, 6.07) is 0. The van der Waals surface area contributed by atoms with Crippen LogP contribution in [0, 0.1) is 24.2 Å². The molecule has 0 fully saturated rings. The first kappa shape index (κ1) is 18.4. The molecule has 0 saturated carbocycles. The smallest absolute Gasteiger partial charge is 0.261 e. The zero-order valence-corrected chi connectivity index (χ0v) is 15.3. The van der Waals surface area contributed by atoms with Gasteiger partial charge in [0.15, 0.2) is 0 Å². The molecule has 0 spiro atoms. The van der Waals surface area contributed by atoms with Crippen LogP contribution in [0.5, 0.6) is 0 Å². The second-order valence-electron chi connectivity index (χ2n) is 7.37. The highest BCUT2D eigenvalue weighted by molar-refractivity contribution is 5.96. The molecule has 1 aliphatic carbocycles. The van der Waals surface area contributed by atoms with Crippen LogP contribution in [0.25, 0.3) is 0 Å². The van der Waals surface area contributed by atoms with E-state index in [-0.39, 0.29) is 11.5 Å². The maximum Gasteiger partial charge on any atom is 0.261 e. The quantitative estimate of drug-likeness (QED) is 0.845. The number of rotatable bonds is 6. The molecule has 1 N–H and O–H groups in total. The van der Waals surface area contributed by atoms with Gasteiger partial charge in [0.2, 0.25) is 5.95 Å². The van der Waals surface area contributed by atoms with E-state index in [1.54, 1.807) is 6.92 Å². The second-order valence-corrected chi connectivity index (χ2v) is 7.37. The minimum absolute atomic E-state index is 0.0283. The third-order valence-corrected chi connectivity index (χ3v) is 5.04. The number of aromatic nitrogens is 2. The fourth-order valence-corrected chi connectivity index (χ4v) is 2.92. The number of allylic oxidation sites excluding steroid dienone is 4. The molecular formula is C19H28FN3O. The van der Waals surface area contributed by atoms with Crippen LogP contribution in [-0.4, -0.2) is 15.7 Å². The van der Waals surface area contributed by atoms with Crippen LogP contribution in [0.15, 0.2) is 23.9 Å². The molecule has 0 aliphatic heterocycles. The molecule has 132 valence electrons. The van der Waals surface area contributed by atoms with E-state index in [9.17, 15) is 9.18 Å². The predicted molar refractivity (Wildman–Crippen MR) is 94.0 cm³/mol. The summed E-state index contributed by atoms with van der Waals surface area (Å²) in [5, 5.41) is 6.88. The molecule has 0 aromatic carbocycles. The third kappa shape index (κ3) is 4.13. The maximum absolute atomic E-state index is 14.1. The van der Waals surface area contributed by atoms with E-state index >= 15 is 0 Å². The number of carbonyl (C=O) groups is 1. The molecule has 24 heavy (non-hydrogen) atoms. The molecule has 1 heterocycles. The van der Waals surface area contributed by atoms with Crippen LogP contribution in [0.2, 0.25) is 0 Å². The van der Waals surface area contributed by atoms with Crippen molar-refractivity contribution >= 4 is 5.91 Å². The van der Waals surface area contributed by atoms with E-state index in [1.807, 2.05) is 12.2 Å². The van der Waals surface area contributed by atoms with Crippen molar-refractivity contribution in [1.29, 1.82) is 0 Å². The number of nitrogens with one attached hydrogen (secondary N) is 1. The Morgan fingerprint density at radius 3 is 2.79 bits per heavy atom. The zero-order chi connectivity index (χ0) is 17.9. The minimum atomic E-state index is -0.597. The van der Waals surface area contributed by atoms with Gasteiger partial charge < -0.3 is 5.32 Å². The van der Waals surface area contributed by atoms with E-state index in [0.29, 0.717) is 11.1 Å². The van der Waals surface area contributed by atoms with E-state index in [1.165, 1.54) is 7.05 Å². The van der Waals surface area contributed by atoms with Gasteiger partial charge in [0, 0.05) is 18.7 Å². The summed E-state index contributed by atoms with van der Waals surface area (Å²) in [4.78, 5) is 12.5. The Hall–Kier alpha value is -1.91. The number of carbonyl (C=O) groups excluding carboxylic acids is 1. The molecule has 1 aromatic rings. The Morgan fingerprint density at radius 2 is 2.21 bits per heavy atom. The average Bonchev–Trinajstić information content (AvgIpc) is 2.79. The van der Waals surface area contributed by atoms with Crippen LogP contribution >= 0.6 is 0 Å². The predicted octanol–water partition coefficient (Wildman–Crippen LogP) is 4.27. The summed E-state index contributed by atoms with van der Waals surface area (Å²) >= 11 is 0. The van der Waals surface area contributed by atoms with E-state index in [4.69, 9.17) is 0 Å². The first-order valence-electron chi connectivity index (χ1n) is 8.62. The van der Waals surface area contributed by atoms with Gasteiger partial charge in [-0.15, -0.1) is 0 Å². The molecule has 1 atom stereocenters. The number of amides is 1. The van der Waals surface area contributed by atoms with Gasteiger partial charge in [-0.05, 0) is 37.7 Å². The lowest BCUT2D eigenvalue weighted by Gasteiger charge is -2.28. The second kappa shape index (κ2) is 7.32. The van der Waals surface area contributed by atoms with Crippen LogP contribution in [0.1, 0.15) is 62.5 Å². The first-order chi connectivity index (χ1) is 11.2. The number of hydrogen-bond donors (Lipinski definition) is 1. The topological polar surface area (TPSA) is 46.9 Å². The van der Waals surface area contributed by atoms with Crippen molar-refractivity contribution in [2.75, 3.05) is 0 Å². The van der Waals surface area contributed by atoms with Gasteiger partial charge in [0.05, 0.1) is 5.69 Å². The standard InChI is InChI=1S/C19H28FN3O/c1-6-19(3,4)12-11-14-9-7-8-10-15(14)21-18(24)16-13(2)22-23(5)17(16)20/h7-8,10,14H,6,9,11-12H2,1-5H3,(H,21,24). The normalized spacial score (nSPS) is 17.8. The van der Waals surface area contributed by atoms with Gasteiger partial charge in [-0.3, -0.25) is 4.79 Å². The van der Waals surface area contributed by atoms with Gasteiger partial charge in [0.1, 0.15) is 5.56 Å². The summed E-state index contributed by atoms with van der Waals surface area (Å²) in [7, 11) is 1.50. The summed E-state index contributed by atoms with van der Waals surface area (Å²) in [5.41, 5.74) is 1.60. The van der Waals surface area contributed by atoms with Crippen molar-refractivity contribution in [2.45, 2.75) is 53.4 Å². The fourth-order valence-electron chi connectivity index (χ4n) is 2.92. The van der Waals surface area contributed by atoms with Crippen LogP contribution in [-0.2, 0) is 7.05 Å². The summed E-state index contributed by atoms with van der Waals surface area (Å²) < 4.78 is 15.2. The highest BCUT2D eigenvalue weighted by Crippen LogP contribution is 2.32. The molecule has 0 bridgehead atoms. The lowest BCUT2D eigenvalue weighted by molar-refractivity contribution is 0.0955. The van der Waals surface area contributed by atoms with Crippen LogP contribution in [0.3, 0.4) is 0 Å². The number of aryl methyl sites for hydroxylation is 2. The van der Waals surface area contributed by atoms with Crippen molar-refractivity contribution in [3.05, 3.63) is 41.1 Å². The number of halogens is 1. The monoisotopic (exact) mass is 333 g/mol. The highest BCUT2D eigenvalue weighted by Gasteiger charge is 2.25. The molecule has 1 aliphatic rings. The molecule has 1 amide bonds. The maximum atomic E-state index is 14.1. The van der Waals surface area contributed by atoms with Crippen LogP contribution < -0.4 is 5.32 Å². The van der Waals surface area contributed by atoms with E-state index in [0.717, 1.165) is 36.1 Å². The van der Waals surface area contributed by atoms with Crippen molar-refractivity contribution in [1.82, 2.24) is 15.1 Å². The van der Waals surface area contributed by atoms with Crippen LogP contribution in [0.4, 0.5) is 4.39 Å². The SMILES string of the molecule is CCC(C)(C)CCC1CC=CC=C1NC(=O)c1c(C)nn(C)c1F. The molecule has 4 nitrogen and oxygen atoms in total. The highest BCUT2D eigenvalue weighted by atomic mass is 19.1. The largest absolute Gasteiger partial charge is 0.325 e. The zero-order valence-electron chi connectivity index (χ0n) is 15.3. The van der Waals surface area contributed by atoms with Crippen molar-refractivity contribution in [2.24, 2.45) is 18.4 Å². The molecule has 0 radical (unpaired) electrons. The average molecular weight is 333 g/mol. The number of nitrogens with zero attached hydrogens (tertiary/aromatic N) is 2. The van der Waals surface area contributed by atoms with Gasteiger partial charge in [0.25, 0.3) is 5.91 Å². The molecule has 2 rings (SSSR count). The summed E-state index contributed by atoms with van der Waals surface area (Å²) in [6.45, 7) is 8.38. The molecule has 0 saturated heterocycles. The molecular weight excluding hydrogens is 305 g/mol. The Morgan fingerprint density at radius 1 is 1.50 bits per heavy atom. The van der Waals surface area contributed by atoms with Gasteiger partial charge in [-0.2, -0.15) is 9.49 Å². The van der Waals surface area contributed by atoms with Gasteiger partial charge in [-0.25, -0.2) is 4.68 Å². The molecule has 5 heteroatoms. The van der Waals surface area contributed by atoms with E-state index in [2.05, 4.69) is 37.3 Å². The Labute approximate surface area is 143 Å².